The Balaban J connectivity index is 1.27. The molecule has 6 rings (SSSR count). The average molecular weight is 584 g/mol. The van der Waals surface area contributed by atoms with Crippen LogP contribution >= 0.6 is 11.8 Å². The van der Waals surface area contributed by atoms with Crippen LogP contribution in [0.3, 0.4) is 0 Å². The number of thioether (sulfide) groups is 1. The van der Waals surface area contributed by atoms with Crippen molar-refractivity contribution in [2.45, 2.75) is 29.6 Å². The Morgan fingerprint density at radius 2 is 1.33 bits per heavy atom. The van der Waals surface area contributed by atoms with Gasteiger partial charge >= 0.3 is 6.18 Å². The summed E-state index contributed by atoms with van der Waals surface area (Å²) in [5.41, 5.74) is 5.83. The first-order valence-electron chi connectivity index (χ1n) is 13.7. The highest BCUT2D eigenvalue weighted by molar-refractivity contribution is 7.99. The molecular formula is C34H28F3N3OS. The lowest BCUT2D eigenvalue weighted by Crippen LogP contribution is -2.47. The van der Waals surface area contributed by atoms with Gasteiger partial charge < -0.3 is 10.3 Å². The van der Waals surface area contributed by atoms with Crippen molar-refractivity contribution in [1.29, 1.82) is 0 Å². The van der Waals surface area contributed by atoms with Crippen LogP contribution in [-0.2, 0) is 10.2 Å². The lowest BCUT2D eigenvalue weighted by atomic mass is 9.73. The van der Waals surface area contributed by atoms with Crippen LogP contribution in [0.1, 0.15) is 24.0 Å². The Morgan fingerprint density at radius 1 is 0.786 bits per heavy atom. The summed E-state index contributed by atoms with van der Waals surface area (Å²) in [6, 6.07) is 35.0. The number of alkyl halides is 3. The van der Waals surface area contributed by atoms with Crippen LogP contribution < -0.4 is 5.32 Å². The van der Waals surface area contributed by atoms with Crippen molar-refractivity contribution >= 4 is 17.7 Å². The maximum atomic E-state index is 13.7. The van der Waals surface area contributed by atoms with E-state index in [2.05, 4.69) is 10.3 Å². The molecule has 4 nitrogen and oxygen atoms in total. The van der Waals surface area contributed by atoms with Crippen molar-refractivity contribution in [3.63, 3.8) is 0 Å². The number of aromatic nitrogens is 2. The summed E-state index contributed by atoms with van der Waals surface area (Å²) in [6.45, 7) is -1.37. The van der Waals surface area contributed by atoms with E-state index in [0.717, 1.165) is 49.9 Å². The second kappa shape index (κ2) is 11.5. The minimum Gasteiger partial charge on any atom is -0.346 e. The molecule has 0 radical (unpaired) electrons. The van der Waals surface area contributed by atoms with E-state index < -0.39 is 24.0 Å². The van der Waals surface area contributed by atoms with E-state index in [1.165, 1.54) is 0 Å². The van der Waals surface area contributed by atoms with Crippen LogP contribution in [0, 0.1) is 0 Å². The zero-order chi connectivity index (χ0) is 29.2. The molecule has 1 amide bonds. The standard InChI is InChI=1S/C34H28F3N3OS/c35-34(36,37)22-38-31(41)33(27-18-9-7-16-25(27)26-17-8-10-19-28(26)33)20-11-21-42-32-39-29(23-12-3-1-4-13-23)30(40-32)24-14-5-2-6-15-24/h1-10,12-19H,11,20-22H2,(H,38,41)(H,39,40). The van der Waals surface area contributed by atoms with E-state index in [-0.39, 0.29) is 0 Å². The normalized spacial score (nSPS) is 13.4. The van der Waals surface area contributed by atoms with Crippen LogP contribution in [0.4, 0.5) is 13.2 Å². The van der Waals surface area contributed by atoms with Crippen LogP contribution in [-0.4, -0.2) is 34.3 Å². The Morgan fingerprint density at radius 3 is 1.93 bits per heavy atom. The number of nitrogens with one attached hydrogen (secondary N) is 2. The number of rotatable bonds is 9. The van der Waals surface area contributed by atoms with Gasteiger partial charge in [-0.15, -0.1) is 0 Å². The predicted octanol–water partition coefficient (Wildman–Crippen LogP) is 8.26. The summed E-state index contributed by atoms with van der Waals surface area (Å²) < 4.78 is 39.5. The van der Waals surface area contributed by atoms with Crippen LogP contribution in [0.5, 0.6) is 0 Å². The molecule has 0 aliphatic heterocycles. The summed E-state index contributed by atoms with van der Waals surface area (Å²) in [7, 11) is 0. The number of nitrogens with zero attached hydrogens (tertiary/aromatic N) is 1. The van der Waals surface area contributed by atoms with Crippen molar-refractivity contribution in [3.8, 4) is 33.6 Å². The maximum absolute atomic E-state index is 13.7. The molecule has 1 aliphatic carbocycles. The SMILES string of the molecule is O=C(NCC(F)(F)F)C1(CCCSc2nc(-c3ccccc3)c(-c3ccccc3)[nH]2)c2ccccc2-c2ccccc21. The van der Waals surface area contributed by atoms with Crippen LogP contribution in [0.25, 0.3) is 33.6 Å². The number of aromatic amines is 1. The van der Waals surface area contributed by atoms with E-state index in [9.17, 15) is 18.0 Å². The highest BCUT2D eigenvalue weighted by Gasteiger charge is 2.49. The number of halogens is 3. The van der Waals surface area contributed by atoms with Crippen molar-refractivity contribution in [2.24, 2.45) is 0 Å². The molecule has 0 unspecified atom stereocenters. The first-order valence-corrected chi connectivity index (χ1v) is 14.7. The summed E-state index contributed by atoms with van der Waals surface area (Å²) in [4.78, 5) is 22.1. The number of hydrogen-bond donors (Lipinski definition) is 2. The van der Waals surface area contributed by atoms with Gasteiger partial charge in [0.15, 0.2) is 5.16 Å². The summed E-state index contributed by atoms with van der Waals surface area (Å²) in [5.74, 6) is -0.00725. The van der Waals surface area contributed by atoms with Gasteiger partial charge in [0.25, 0.3) is 0 Å². The van der Waals surface area contributed by atoms with Crippen molar-refractivity contribution in [3.05, 3.63) is 120 Å². The van der Waals surface area contributed by atoms with Crippen molar-refractivity contribution in [2.75, 3.05) is 12.3 Å². The molecule has 0 saturated carbocycles. The molecule has 5 aromatic rings. The van der Waals surface area contributed by atoms with Gasteiger partial charge in [0.05, 0.1) is 11.4 Å². The number of fused-ring (bicyclic) bond motifs is 3. The van der Waals surface area contributed by atoms with Crippen molar-refractivity contribution in [1.82, 2.24) is 15.3 Å². The van der Waals surface area contributed by atoms with Crippen LogP contribution in [0.2, 0.25) is 0 Å². The maximum Gasteiger partial charge on any atom is 0.405 e. The summed E-state index contributed by atoms with van der Waals surface area (Å²) >= 11 is 1.54. The molecule has 0 fully saturated rings. The third kappa shape index (κ3) is 5.34. The smallest absolute Gasteiger partial charge is 0.346 e. The quantitative estimate of drug-likeness (QED) is 0.136. The molecule has 1 heterocycles. The van der Waals surface area contributed by atoms with E-state index in [1.54, 1.807) is 11.8 Å². The van der Waals surface area contributed by atoms with Crippen LogP contribution in [0.15, 0.2) is 114 Å². The van der Waals surface area contributed by atoms with Gasteiger partial charge in [-0.2, -0.15) is 13.2 Å². The van der Waals surface area contributed by atoms with Gasteiger partial charge in [-0.25, -0.2) is 4.98 Å². The van der Waals surface area contributed by atoms with E-state index in [0.29, 0.717) is 18.6 Å². The molecule has 212 valence electrons. The second-order valence-corrected chi connectivity index (χ2v) is 11.3. The van der Waals surface area contributed by atoms with Gasteiger partial charge in [-0.1, -0.05) is 121 Å². The topological polar surface area (TPSA) is 57.8 Å². The molecule has 42 heavy (non-hydrogen) atoms. The van der Waals surface area contributed by atoms with E-state index in [4.69, 9.17) is 4.98 Å². The number of H-pyrrole nitrogens is 1. The lowest BCUT2D eigenvalue weighted by molar-refractivity contribution is -0.141. The molecule has 0 saturated heterocycles. The zero-order valence-electron chi connectivity index (χ0n) is 22.6. The van der Waals surface area contributed by atoms with E-state index in [1.807, 2.05) is 109 Å². The fourth-order valence-corrected chi connectivity index (χ4v) is 6.64. The molecular weight excluding hydrogens is 555 g/mol. The fraction of sp³-hybridized carbons (Fsp3) is 0.176. The lowest BCUT2D eigenvalue weighted by Gasteiger charge is -2.31. The predicted molar refractivity (Wildman–Crippen MR) is 161 cm³/mol. The number of carbonyl (C=O) groups excluding carboxylic acids is 1. The zero-order valence-corrected chi connectivity index (χ0v) is 23.4. The van der Waals surface area contributed by atoms with Crippen molar-refractivity contribution < 1.29 is 18.0 Å². The number of imidazole rings is 1. The molecule has 1 aromatic heterocycles. The number of carbonyl (C=O) groups is 1. The fourth-order valence-electron chi connectivity index (χ4n) is 5.83. The summed E-state index contributed by atoms with van der Waals surface area (Å²) in [6.07, 6.45) is -3.57. The number of amides is 1. The average Bonchev–Trinajstić information content (AvgIpc) is 3.57. The monoisotopic (exact) mass is 583 g/mol. The second-order valence-electron chi connectivity index (χ2n) is 10.2. The first kappa shape index (κ1) is 27.8. The molecule has 4 aromatic carbocycles. The highest BCUT2D eigenvalue weighted by Crippen LogP contribution is 2.51. The summed E-state index contributed by atoms with van der Waals surface area (Å²) in [5, 5.41) is 2.95. The Bertz CT molecular complexity index is 1600. The van der Waals surface area contributed by atoms with Gasteiger partial charge in [-0.05, 0) is 35.1 Å². The van der Waals surface area contributed by atoms with Gasteiger partial charge in [0.1, 0.15) is 12.0 Å². The number of hydrogen-bond acceptors (Lipinski definition) is 3. The first-order chi connectivity index (χ1) is 20.4. The Labute approximate surface area is 246 Å². The van der Waals surface area contributed by atoms with Gasteiger partial charge in [-0.3, -0.25) is 4.79 Å². The molecule has 1 aliphatic rings. The molecule has 0 atom stereocenters. The minimum atomic E-state index is -4.50. The van der Waals surface area contributed by atoms with E-state index >= 15 is 0 Å². The Kier molecular flexibility index (Phi) is 7.64. The molecule has 0 bridgehead atoms. The highest BCUT2D eigenvalue weighted by atomic mass is 32.2. The third-order valence-electron chi connectivity index (χ3n) is 7.63. The molecule has 2 N–H and O–H groups in total. The van der Waals surface area contributed by atoms with Gasteiger partial charge in [0, 0.05) is 16.9 Å². The van der Waals surface area contributed by atoms with Gasteiger partial charge in [0.2, 0.25) is 5.91 Å². The third-order valence-corrected chi connectivity index (χ3v) is 8.59. The Hall–Kier alpha value is -4.30. The molecule has 8 heteroatoms. The minimum absolute atomic E-state index is 0.357. The number of benzene rings is 4. The largest absolute Gasteiger partial charge is 0.405 e. The molecule has 0 spiro atoms.